The van der Waals surface area contributed by atoms with E-state index in [-0.39, 0.29) is 24.3 Å². The quantitative estimate of drug-likeness (QED) is 0.566. The summed E-state index contributed by atoms with van der Waals surface area (Å²) in [5.41, 5.74) is -0.0814. The summed E-state index contributed by atoms with van der Waals surface area (Å²) in [5, 5.41) is 8.75. The van der Waals surface area contributed by atoms with Crippen molar-refractivity contribution in [3.8, 4) is 0 Å². The smallest absolute Gasteiger partial charge is 0.108 e. The Morgan fingerprint density at radius 3 is 2.90 bits per heavy atom. The highest BCUT2D eigenvalue weighted by Crippen LogP contribution is 2.24. The molecular weight excluding hydrogens is 152 g/mol. The average Bonchev–Trinajstić information content (AvgIpc) is 2.30. The summed E-state index contributed by atoms with van der Waals surface area (Å²) in [6.07, 6.45) is 0.574. The fourth-order valence-corrected chi connectivity index (χ4v) is 1.47. The summed E-state index contributed by atoms with van der Waals surface area (Å²) in [6, 6.07) is 0. The van der Waals surface area contributed by atoms with Crippen molar-refractivity contribution in [3.05, 3.63) is 0 Å². The van der Waals surface area contributed by atoms with Crippen LogP contribution in [0.15, 0.2) is 0 Å². The first kappa shape index (κ1) is 8.33. The summed E-state index contributed by atoms with van der Waals surface area (Å²) in [5.74, 6) is 0. The highest BCUT2D eigenvalue weighted by molar-refractivity contribution is 7.80. The Labute approximate surface area is 65.7 Å². The molecule has 1 fully saturated rings. The van der Waals surface area contributed by atoms with Crippen LogP contribution in [0.25, 0.3) is 0 Å². The maximum Gasteiger partial charge on any atom is 0.108 e. The van der Waals surface area contributed by atoms with Crippen LogP contribution in [0.3, 0.4) is 0 Å². The molecule has 0 aliphatic carbocycles. The third-order valence-electron chi connectivity index (χ3n) is 1.66. The Bertz CT molecular complexity index is 97.2. The normalized spacial score (nSPS) is 40.5. The highest BCUT2D eigenvalue weighted by atomic mass is 32.1. The van der Waals surface area contributed by atoms with Crippen LogP contribution in [0.2, 0.25) is 0 Å². The molecule has 0 amide bonds. The van der Waals surface area contributed by atoms with E-state index in [1.807, 2.05) is 0 Å². The van der Waals surface area contributed by atoms with E-state index in [0.717, 1.165) is 6.42 Å². The number of rotatable bonds is 2. The summed E-state index contributed by atoms with van der Waals surface area (Å²) in [4.78, 5) is 0. The Hall–Kier alpha value is 0.230. The molecule has 1 saturated heterocycles. The molecule has 0 saturated carbocycles. The number of hydrogen-bond acceptors (Lipinski definition) is 4. The summed E-state index contributed by atoms with van der Waals surface area (Å²) in [7, 11) is 1.61. The zero-order chi connectivity index (χ0) is 7.56. The molecule has 3 nitrogen and oxygen atoms in total. The van der Waals surface area contributed by atoms with E-state index < -0.39 is 0 Å². The molecule has 0 bridgehead atoms. The molecule has 0 unspecified atom stereocenters. The van der Waals surface area contributed by atoms with Crippen molar-refractivity contribution in [2.75, 3.05) is 13.7 Å². The van der Waals surface area contributed by atoms with Crippen LogP contribution in [-0.4, -0.2) is 36.5 Å². The third-order valence-corrected chi connectivity index (χ3v) is 2.00. The molecule has 1 aliphatic rings. The van der Waals surface area contributed by atoms with E-state index in [1.165, 1.54) is 0 Å². The fraction of sp³-hybridized carbons (Fsp3) is 1.00. The van der Waals surface area contributed by atoms with Crippen molar-refractivity contribution < 1.29 is 14.6 Å². The first-order valence-electron chi connectivity index (χ1n) is 3.25. The average molecular weight is 164 g/mol. The first-order valence-corrected chi connectivity index (χ1v) is 3.76. The minimum absolute atomic E-state index is 0.00694. The van der Waals surface area contributed by atoms with Gasteiger partial charge in [-0.1, -0.05) is 0 Å². The summed E-state index contributed by atoms with van der Waals surface area (Å²) < 4.78 is 10.3. The van der Waals surface area contributed by atoms with Gasteiger partial charge in [-0.2, -0.15) is 0 Å². The molecule has 0 aromatic heterocycles. The van der Waals surface area contributed by atoms with Gasteiger partial charge in [-0.3, -0.25) is 0 Å². The van der Waals surface area contributed by atoms with Gasteiger partial charge in [0.2, 0.25) is 0 Å². The van der Waals surface area contributed by atoms with Crippen molar-refractivity contribution in [2.24, 2.45) is 0 Å². The van der Waals surface area contributed by atoms with Gasteiger partial charge >= 0.3 is 0 Å². The molecule has 1 aliphatic heterocycles. The van der Waals surface area contributed by atoms with E-state index in [4.69, 9.17) is 14.6 Å². The molecule has 10 heavy (non-hydrogen) atoms. The third kappa shape index (κ3) is 1.63. The van der Waals surface area contributed by atoms with Gasteiger partial charge in [-0.05, 0) is 0 Å². The molecule has 0 spiro atoms. The maximum absolute atomic E-state index is 8.75. The van der Waals surface area contributed by atoms with Crippen LogP contribution in [0.1, 0.15) is 6.42 Å². The van der Waals surface area contributed by atoms with Crippen LogP contribution in [-0.2, 0) is 9.47 Å². The molecule has 1 rings (SSSR count). The molecule has 3 atom stereocenters. The van der Waals surface area contributed by atoms with Crippen LogP contribution in [0.5, 0.6) is 0 Å². The van der Waals surface area contributed by atoms with E-state index in [9.17, 15) is 0 Å². The van der Waals surface area contributed by atoms with E-state index in [2.05, 4.69) is 12.6 Å². The fourth-order valence-electron chi connectivity index (χ4n) is 1.10. The standard InChI is InChI=1S/C6H12O3S/c1-8-4-2-6(10)9-5(4)3-7/h4-7,10H,2-3H2,1H3/t4-,5-,6+/m1/s1. The highest BCUT2D eigenvalue weighted by Gasteiger charge is 2.32. The Morgan fingerprint density at radius 1 is 1.80 bits per heavy atom. The van der Waals surface area contributed by atoms with Gasteiger partial charge in [-0.15, -0.1) is 12.6 Å². The predicted molar refractivity (Wildman–Crippen MR) is 40.1 cm³/mol. The van der Waals surface area contributed by atoms with Gasteiger partial charge in [0, 0.05) is 13.5 Å². The van der Waals surface area contributed by atoms with Gasteiger partial charge in [0.1, 0.15) is 11.5 Å². The predicted octanol–water partition coefficient (Wildman–Crippen LogP) is 0.0385. The van der Waals surface area contributed by atoms with Crippen molar-refractivity contribution >= 4 is 12.6 Å². The molecule has 60 valence electrons. The van der Waals surface area contributed by atoms with Gasteiger partial charge < -0.3 is 14.6 Å². The van der Waals surface area contributed by atoms with Crippen LogP contribution in [0, 0.1) is 0 Å². The summed E-state index contributed by atoms with van der Waals surface area (Å²) >= 11 is 4.11. The molecule has 1 N–H and O–H groups in total. The largest absolute Gasteiger partial charge is 0.394 e. The van der Waals surface area contributed by atoms with Crippen LogP contribution < -0.4 is 0 Å². The minimum atomic E-state index is -0.188. The molecule has 0 aromatic rings. The van der Waals surface area contributed by atoms with E-state index in [0.29, 0.717) is 0 Å². The Morgan fingerprint density at radius 2 is 2.50 bits per heavy atom. The molecule has 1 heterocycles. The van der Waals surface area contributed by atoms with Crippen molar-refractivity contribution in [3.63, 3.8) is 0 Å². The number of aliphatic hydroxyl groups excluding tert-OH is 1. The molecule has 0 aromatic carbocycles. The number of ether oxygens (including phenoxy) is 2. The minimum Gasteiger partial charge on any atom is -0.394 e. The number of hydrogen-bond donors (Lipinski definition) is 2. The SMILES string of the molecule is CO[C@@H]1C[C@H](S)O[C@@H]1CO. The van der Waals surface area contributed by atoms with E-state index >= 15 is 0 Å². The second kappa shape index (κ2) is 3.57. The number of aliphatic hydroxyl groups is 1. The van der Waals surface area contributed by atoms with Crippen LogP contribution >= 0.6 is 12.6 Å². The zero-order valence-corrected chi connectivity index (χ0v) is 6.75. The lowest BCUT2D eigenvalue weighted by Gasteiger charge is -2.12. The first-order chi connectivity index (χ1) is 4.77. The van der Waals surface area contributed by atoms with Crippen molar-refractivity contribution in [2.45, 2.75) is 24.1 Å². The van der Waals surface area contributed by atoms with E-state index in [1.54, 1.807) is 7.11 Å². The Kier molecular flexibility index (Phi) is 2.97. The van der Waals surface area contributed by atoms with Crippen molar-refractivity contribution in [1.82, 2.24) is 0 Å². The lowest BCUT2D eigenvalue weighted by atomic mass is 10.2. The zero-order valence-electron chi connectivity index (χ0n) is 5.86. The molecular formula is C6H12O3S. The maximum atomic E-state index is 8.75. The molecule has 4 heteroatoms. The van der Waals surface area contributed by atoms with Gasteiger partial charge in [0.15, 0.2) is 0 Å². The van der Waals surface area contributed by atoms with Gasteiger partial charge in [0.05, 0.1) is 12.7 Å². The van der Waals surface area contributed by atoms with Gasteiger partial charge in [0.25, 0.3) is 0 Å². The van der Waals surface area contributed by atoms with Crippen molar-refractivity contribution in [1.29, 1.82) is 0 Å². The summed E-state index contributed by atoms with van der Waals surface area (Å²) in [6.45, 7) is 0.00949. The monoisotopic (exact) mass is 164 g/mol. The van der Waals surface area contributed by atoms with Crippen LogP contribution in [0.4, 0.5) is 0 Å². The number of methoxy groups -OCH3 is 1. The Balaban J connectivity index is 2.41. The second-order valence-electron chi connectivity index (χ2n) is 2.32. The number of thiol groups is 1. The lowest BCUT2D eigenvalue weighted by molar-refractivity contribution is -0.0190. The topological polar surface area (TPSA) is 38.7 Å². The second-order valence-corrected chi connectivity index (χ2v) is 2.90. The van der Waals surface area contributed by atoms with Gasteiger partial charge in [-0.25, -0.2) is 0 Å². The molecule has 0 radical (unpaired) electrons. The lowest BCUT2D eigenvalue weighted by Crippen LogP contribution is -2.26.